The van der Waals surface area contributed by atoms with Crippen molar-refractivity contribution in [2.75, 3.05) is 26.5 Å². The SMILES string of the molecule is COc1ccc(S(=O)(=O)N(C)C)cc1NC(=O)c1cc2c(C)nn(-c3ccccc3Cl)c2s1. The maximum atomic E-state index is 13.1. The van der Waals surface area contributed by atoms with Gasteiger partial charge in [-0.2, -0.15) is 5.10 Å². The fourth-order valence-electron chi connectivity index (χ4n) is 3.29. The summed E-state index contributed by atoms with van der Waals surface area (Å²) in [6.45, 7) is 1.86. The summed E-state index contributed by atoms with van der Waals surface area (Å²) in [5, 5.41) is 8.73. The first-order valence-corrected chi connectivity index (χ1v) is 12.4. The Balaban J connectivity index is 1.72. The van der Waals surface area contributed by atoms with Crippen LogP contribution in [0.2, 0.25) is 5.02 Å². The first-order chi connectivity index (χ1) is 15.6. The highest BCUT2D eigenvalue weighted by Crippen LogP contribution is 2.34. The molecule has 8 nitrogen and oxygen atoms in total. The third kappa shape index (κ3) is 4.22. The van der Waals surface area contributed by atoms with E-state index in [9.17, 15) is 13.2 Å². The van der Waals surface area contributed by atoms with Crippen molar-refractivity contribution in [2.45, 2.75) is 11.8 Å². The maximum absolute atomic E-state index is 13.1. The number of halogens is 1. The summed E-state index contributed by atoms with van der Waals surface area (Å²) in [4.78, 5) is 14.4. The Morgan fingerprint density at radius 2 is 1.91 bits per heavy atom. The highest BCUT2D eigenvalue weighted by Gasteiger charge is 2.22. The predicted octanol–water partition coefficient (Wildman–Crippen LogP) is 4.56. The molecule has 2 aromatic heterocycles. The molecule has 2 heterocycles. The first kappa shape index (κ1) is 23.2. The number of para-hydroxylation sites is 1. The van der Waals surface area contributed by atoms with Crippen LogP contribution in [0.15, 0.2) is 53.4 Å². The number of carbonyl (C=O) groups is 1. The lowest BCUT2D eigenvalue weighted by molar-refractivity contribution is 0.103. The third-order valence-electron chi connectivity index (χ3n) is 5.05. The van der Waals surface area contributed by atoms with E-state index in [1.165, 1.54) is 50.7 Å². The highest BCUT2D eigenvalue weighted by atomic mass is 35.5. The van der Waals surface area contributed by atoms with Crippen LogP contribution >= 0.6 is 22.9 Å². The molecule has 0 saturated carbocycles. The zero-order valence-corrected chi connectivity index (χ0v) is 20.7. The Hall–Kier alpha value is -2.92. The second-order valence-corrected chi connectivity index (χ2v) is 11.0. The minimum Gasteiger partial charge on any atom is -0.495 e. The highest BCUT2D eigenvalue weighted by molar-refractivity contribution is 7.89. The lowest BCUT2D eigenvalue weighted by atomic mass is 10.2. The molecule has 0 bridgehead atoms. The minimum atomic E-state index is -3.68. The number of thiophene rings is 1. The molecular formula is C22H21ClN4O4S2. The number of benzene rings is 2. The number of nitrogens with zero attached hydrogens (tertiary/aromatic N) is 3. The van der Waals surface area contributed by atoms with Crippen molar-refractivity contribution in [3.63, 3.8) is 0 Å². The number of hydrogen-bond donors (Lipinski definition) is 1. The van der Waals surface area contributed by atoms with Gasteiger partial charge in [-0.05, 0) is 43.3 Å². The van der Waals surface area contributed by atoms with E-state index in [2.05, 4.69) is 10.4 Å². The van der Waals surface area contributed by atoms with Crippen LogP contribution in [-0.2, 0) is 10.0 Å². The van der Waals surface area contributed by atoms with Crippen LogP contribution in [0.3, 0.4) is 0 Å². The van der Waals surface area contributed by atoms with Crippen LogP contribution < -0.4 is 10.1 Å². The van der Waals surface area contributed by atoms with Crippen LogP contribution in [0.25, 0.3) is 15.9 Å². The van der Waals surface area contributed by atoms with E-state index in [1.807, 2.05) is 25.1 Å². The van der Waals surface area contributed by atoms with E-state index in [1.54, 1.807) is 16.8 Å². The molecule has 0 aliphatic rings. The Morgan fingerprint density at radius 1 is 1.18 bits per heavy atom. The molecule has 11 heteroatoms. The molecule has 0 fully saturated rings. The van der Waals surface area contributed by atoms with E-state index in [0.29, 0.717) is 21.3 Å². The fourth-order valence-corrected chi connectivity index (χ4v) is 5.50. The smallest absolute Gasteiger partial charge is 0.265 e. The quantitative estimate of drug-likeness (QED) is 0.415. The lowest BCUT2D eigenvalue weighted by Gasteiger charge is -2.15. The second kappa shape index (κ2) is 8.79. The van der Waals surface area contributed by atoms with Gasteiger partial charge in [0, 0.05) is 19.5 Å². The molecule has 33 heavy (non-hydrogen) atoms. The average molecular weight is 505 g/mol. The molecule has 0 spiro atoms. The van der Waals surface area contributed by atoms with Gasteiger partial charge >= 0.3 is 0 Å². The number of hydrogen-bond acceptors (Lipinski definition) is 6. The summed E-state index contributed by atoms with van der Waals surface area (Å²) in [5.74, 6) is -0.0420. The Morgan fingerprint density at radius 3 is 2.58 bits per heavy atom. The molecule has 0 radical (unpaired) electrons. The molecule has 2 aromatic carbocycles. The van der Waals surface area contributed by atoms with Gasteiger partial charge in [-0.3, -0.25) is 4.79 Å². The topological polar surface area (TPSA) is 93.5 Å². The summed E-state index contributed by atoms with van der Waals surface area (Å²) in [6.07, 6.45) is 0. The average Bonchev–Trinajstić information content (AvgIpc) is 3.35. The molecule has 0 atom stereocenters. The van der Waals surface area contributed by atoms with Crippen LogP contribution in [-0.4, -0.2) is 49.6 Å². The normalized spacial score (nSPS) is 11.8. The molecule has 1 N–H and O–H groups in total. The largest absolute Gasteiger partial charge is 0.495 e. The summed E-state index contributed by atoms with van der Waals surface area (Å²) in [7, 11) is 0.661. The molecule has 1 amide bonds. The minimum absolute atomic E-state index is 0.0464. The number of amides is 1. The fraction of sp³-hybridized carbons (Fsp3) is 0.182. The zero-order chi connectivity index (χ0) is 23.9. The molecular weight excluding hydrogens is 484 g/mol. The van der Waals surface area contributed by atoms with Gasteiger partial charge in [0.05, 0.1) is 39.0 Å². The standard InChI is InChI=1S/C22H21ClN4O4S2/c1-13-15-12-20(32-22(15)27(25-13)18-8-6-5-7-16(18)23)21(28)24-17-11-14(9-10-19(17)31-4)33(29,30)26(2)3/h5-12H,1-4H3,(H,24,28). The molecule has 0 saturated heterocycles. The van der Waals surface area contributed by atoms with E-state index >= 15 is 0 Å². The second-order valence-electron chi connectivity index (χ2n) is 7.38. The number of aryl methyl sites for hydroxylation is 1. The third-order valence-corrected chi connectivity index (χ3v) is 8.29. The van der Waals surface area contributed by atoms with E-state index < -0.39 is 10.0 Å². The van der Waals surface area contributed by atoms with Crippen molar-refractivity contribution in [2.24, 2.45) is 0 Å². The van der Waals surface area contributed by atoms with Crippen molar-refractivity contribution in [3.05, 3.63) is 64.1 Å². The van der Waals surface area contributed by atoms with Crippen molar-refractivity contribution >= 4 is 54.8 Å². The van der Waals surface area contributed by atoms with Crippen LogP contribution in [0.4, 0.5) is 5.69 Å². The summed E-state index contributed by atoms with van der Waals surface area (Å²) < 4.78 is 33.2. The summed E-state index contributed by atoms with van der Waals surface area (Å²) >= 11 is 7.62. The summed E-state index contributed by atoms with van der Waals surface area (Å²) in [5.41, 5.74) is 1.73. The van der Waals surface area contributed by atoms with Crippen LogP contribution in [0.1, 0.15) is 15.4 Å². The zero-order valence-electron chi connectivity index (χ0n) is 18.3. The van der Waals surface area contributed by atoms with Gasteiger partial charge in [-0.25, -0.2) is 17.4 Å². The molecule has 0 aliphatic heterocycles. The molecule has 0 aliphatic carbocycles. The number of carbonyl (C=O) groups excluding carboxylic acids is 1. The number of rotatable bonds is 6. The van der Waals surface area contributed by atoms with Gasteiger partial charge in [-0.15, -0.1) is 11.3 Å². The van der Waals surface area contributed by atoms with Crippen molar-refractivity contribution in [1.82, 2.24) is 14.1 Å². The molecule has 172 valence electrons. The number of ether oxygens (including phenoxy) is 1. The Labute approximate surface area is 200 Å². The van der Waals surface area contributed by atoms with E-state index in [4.69, 9.17) is 16.3 Å². The number of anilines is 1. The van der Waals surface area contributed by atoms with Crippen LogP contribution in [0, 0.1) is 6.92 Å². The summed E-state index contributed by atoms with van der Waals surface area (Å²) in [6, 6.07) is 13.4. The van der Waals surface area contributed by atoms with Gasteiger partial charge in [0.1, 0.15) is 10.6 Å². The predicted molar refractivity (Wildman–Crippen MR) is 131 cm³/mol. The Bertz CT molecular complexity index is 1480. The van der Waals surface area contributed by atoms with E-state index in [0.717, 1.165) is 20.2 Å². The first-order valence-electron chi connectivity index (χ1n) is 9.79. The van der Waals surface area contributed by atoms with Gasteiger partial charge in [0.15, 0.2) is 0 Å². The Kier molecular flexibility index (Phi) is 6.19. The number of methoxy groups -OCH3 is 1. The number of aromatic nitrogens is 2. The number of sulfonamides is 1. The molecule has 4 rings (SSSR count). The van der Waals surface area contributed by atoms with Crippen LogP contribution in [0.5, 0.6) is 5.75 Å². The molecule has 4 aromatic rings. The van der Waals surface area contributed by atoms with Crippen molar-refractivity contribution < 1.29 is 17.9 Å². The van der Waals surface area contributed by atoms with Gasteiger partial charge in [0.25, 0.3) is 5.91 Å². The monoisotopic (exact) mass is 504 g/mol. The molecule has 0 unspecified atom stereocenters. The lowest BCUT2D eigenvalue weighted by Crippen LogP contribution is -2.22. The van der Waals surface area contributed by atoms with Gasteiger partial charge in [0.2, 0.25) is 10.0 Å². The van der Waals surface area contributed by atoms with Crippen molar-refractivity contribution in [1.29, 1.82) is 0 Å². The van der Waals surface area contributed by atoms with E-state index in [-0.39, 0.29) is 16.5 Å². The van der Waals surface area contributed by atoms with Gasteiger partial charge < -0.3 is 10.1 Å². The number of fused-ring (bicyclic) bond motifs is 1. The maximum Gasteiger partial charge on any atom is 0.265 e. The van der Waals surface area contributed by atoms with Gasteiger partial charge in [-0.1, -0.05) is 23.7 Å². The number of nitrogens with one attached hydrogen (secondary N) is 1. The van der Waals surface area contributed by atoms with Crippen molar-refractivity contribution in [3.8, 4) is 11.4 Å².